The highest BCUT2D eigenvalue weighted by atomic mass is 32.2. The minimum Gasteiger partial charge on any atom is -0.497 e. The molecule has 4 rings (SSSR count). The van der Waals surface area contributed by atoms with Gasteiger partial charge in [-0.1, -0.05) is 23.8 Å². The second kappa shape index (κ2) is 8.04. The Labute approximate surface area is 182 Å². The van der Waals surface area contributed by atoms with Crippen molar-refractivity contribution in [3.63, 3.8) is 0 Å². The highest BCUT2D eigenvalue weighted by Gasteiger charge is 2.24. The maximum Gasteiger partial charge on any atom is 0.210 e. The fourth-order valence-corrected chi connectivity index (χ4v) is 4.79. The monoisotopic (exact) mass is 432 g/mol. The first kappa shape index (κ1) is 20.9. The summed E-state index contributed by atoms with van der Waals surface area (Å²) in [4.78, 5) is 4.77. The molecule has 0 amide bonds. The molecule has 6 heteroatoms. The van der Waals surface area contributed by atoms with Crippen molar-refractivity contribution in [2.75, 3.05) is 12.4 Å². The van der Waals surface area contributed by atoms with Crippen molar-refractivity contribution in [1.82, 2.24) is 4.98 Å². The summed E-state index contributed by atoms with van der Waals surface area (Å²) >= 11 is 0. The Kier molecular flexibility index (Phi) is 5.41. The molecule has 0 aliphatic rings. The number of fused-ring (bicyclic) bond motifs is 1. The number of benzene rings is 3. The van der Waals surface area contributed by atoms with Crippen LogP contribution >= 0.6 is 0 Å². The molecule has 1 N–H and O–H groups in total. The lowest BCUT2D eigenvalue weighted by Crippen LogP contribution is -2.07. The van der Waals surface area contributed by atoms with Gasteiger partial charge in [-0.15, -0.1) is 0 Å². The van der Waals surface area contributed by atoms with E-state index in [1.807, 2.05) is 51.1 Å². The van der Waals surface area contributed by atoms with Crippen molar-refractivity contribution in [3.05, 3.63) is 83.6 Å². The standard InChI is InChI=1S/C25H24N2O3S/c1-16-5-10-21(11-6-16)31(28,29)24-15-26-23-12-9-20(30-4)14-22(23)25(24)27-19-8-7-17(2)18(3)13-19/h5-15H,1-4H3,(H,26,27). The minimum atomic E-state index is -3.80. The largest absolute Gasteiger partial charge is 0.497 e. The second-order valence-electron chi connectivity index (χ2n) is 7.62. The quantitative estimate of drug-likeness (QED) is 0.435. The number of aromatic nitrogens is 1. The zero-order valence-electron chi connectivity index (χ0n) is 17.9. The topological polar surface area (TPSA) is 68.3 Å². The van der Waals surface area contributed by atoms with Crippen molar-refractivity contribution in [3.8, 4) is 5.75 Å². The van der Waals surface area contributed by atoms with Crippen molar-refractivity contribution in [1.29, 1.82) is 0 Å². The Morgan fingerprint density at radius 3 is 2.29 bits per heavy atom. The zero-order chi connectivity index (χ0) is 22.2. The van der Waals surface area contributed by atoms with Gasteiger partial charge in [0.25, 0.3) is 0 Å². The lowest BCUT2D eigenvalue weighted by Gasteiger charge is -2.17. The zero-order valence-corrected chi connectivity index (χ0v) is 18.7. The highest BCUT2D eigenvalue weighted by Crippen LogP contribution is 2.36. The first-order chi connectivity index (χ1) is 14.8. The average Bonchev–Trinajstić information content (AvgIpc) is 2.76. The number of nitrogens with zero attached hydrogens (tertiary/aromatic N) is 1. The summed E-state index contributed by atoms with van der Waals surface area (Å²) in [7, 11) is -2.22. The third-order valence-corrected chi connectivity index (χ3v) is 7.22. The third kappa shape index (κ3) is 3.99. The molecule has 0 bridgehead atoms. The summed E-state index contributed by atoms with van der Waals surface area (Å²) in [6.45, 7) is 5.99. The maximum atomic E-state index is 13.6. The molecule has 158 valence electrons. The van der Waals surface area contributed by atoms with Gasteiger partial charge in [-0.3, -0.25) is 4.98 Å². The number of ether oxygens (including phenoxy) is 1. The number of rotatable bonds is 5. The highest BCUT2D eigenvalue weighted by molar-refractivity contribution is 7.91. The van der Waals surface area contributed by atoms with Crippen LogP contribution in [0.1, 0.15) is 16.7 Å². The Morgan fingerprint density at radius 1 is 0.871 bits per heavy atom. The maximum absolute atomic E-state index is 13.6. The second-order valence-corrected chi connectivity index (χ2v) is 9.54. The molecule has 3 aromatic carbocycles. The molecule has 0 saturated carbocycles. The molecule has 1 aromatic heterocycles. The molecule has 4 aromatic rings. The minimum absolute atomic E-state index is 0.121. The van der Waals surface area contributed by atoms with Crippen molar-refractivity contribution < 1.29 is 13.2 Å². The van der Waals surface area contributed by atoms with Crippen molar-refractivity contribution in [2.24, 2.45) is 0 Å². The van der Waals surface area contributed by atoms with E-state index in [0.29, 0.717) is 22.3 Å². The van der Waals surface area contributed by atoms with Gasteiger partial charge in [0, 0.05) is 17.3 Å². The van der Waals surface area contributed by atoms with E-state index >= 15 is 0 Å². The molecular weight excluding hydrogens is 408 g/mol. The fourth-order valence-electron chi connectivity index (χ4n) is 3.42. The van der Waals surface area contributed by atoms with Gasteiger partial charge < -0.3 is 10.1 Å². The van der Waals surface area contributed by atoms with Gasteiger partial charge in [0.15, 0.2) is 0 Å². The van der Waals surface area contributed by atoms with Crippen LogP contribution in [0.4, 0.5) is 11.4 Å². The summed E-state index contributed by atoms with van der Waals surface area (Å²) in [6.07, 6.45) is 1.42. The molecule has 0 saturated heterocycles. The fraction of sp³-hybridized carbons (Fsp3) is 0.160. The number of hydrogen-bond donors (Lipinski definition) is 1. The van der Waals surface area contributed by atoms with E-state index in [1.165, 1.54) is 11.8 Å². The van der Waals surface area contributed by atoms with Gasteiger partial charge in [-0.25, -0.2) is 8.42 Å². The predicted molar refractivity (Wildman–Crippen MR) is 124 cm³/mol. The first-order valence-corrected chi connectivity index (χ1v) is 11.4. The Balaban J connectivity index is 1.97. The van der Waals surface area contributed by atoms with Gasteiger partial charge in [0.05, 0.1) is 23.2 Å². The van der Waals surface area contributed by atoms with Crippen LogP contribution in [0.5, 0.6) is 5.75 Å². The Bertz CT molecular complexity index is 1380. The smallest absolute Gasteiger partial charge is 0.210 e. The van der Waals surface area contributed by atoms with Gasteiger partial charge in [-0.05, 0) is 74.4 Å². The van der Waals surface area contributed by atoms with Crippen LogP contribution in [0.3, 0.4) is 0 Å². The van der Waals surface area contributed by atoms with Crippen molar-refractivity contribution in [2.45, 2.75) is 30.6 Å². The molecule has 0 atom stereocenters. The lowest BCUT2D eigenvalue weighted by atomic mass is 10.1. The van der Waals surface area contributed by atoms with E-state index in [0.717, 1.165) is 16.8 Å². The number of aryl methyl sites for hydroxylation is 3. The number of hydrogen-bond acceptors (Lipinski definition) is 5. The Hall–Kier alpha value is -3.38. The predicted octanol–water partition coefficient (Wildman–Crippen LogP) is 5.75. The van der Waals surface area contributed by atoms with Crippen LogP contribution in [-0.2, 0) is 9.84 Å². The van der Waals surface area contributed by atoms with Crippen LogP contribution < -0.4 is 10.1 Å². The van der Waals surface area contributed by atoms with E-state index in [4.69, 9.17) is 4.74 Å². The van der Waals surface area contributed by atoms with Crippen LogP contribution in [0.2, 0.25) is 0 Å². The molecule has 0 spiro atoms. The van der Waals surface area contributed by atoms with Crippen molar-refractivity contribution >= 4 is 32.1 Å². The Morgan fingerprint density at radius 2 is 1.61 bits per heavy atom. The molecule has 0 fully saturated rings. The molecule has 0 unspecified atom stereocenters. The van der Waals surface area contributed by atoms with Gasteiger partial charge in [-0.2, -0.15) is 0 Å². The van der Waals surface area contributed by atoms with Gasteiger partial charge in [0.2, 0.25) is 9.84 Å². The van der Waals surface area contributed by atoms with Crippen LogP contribution in [0.25, 0.3) is 10.9 Å². The normalized spacial score (nSPS) is 11.5. The average molecular weight is 433 g/mol. The molecule has 31 heavy (non-hydrogen) atoms. The lowest BCUT2D eigenvalue weighted by molar-refractivity contribution is 0.415. The number of methoxy groups -OCH3 is 1. The van der Waals surface area contributed by atoms with Gasteiger partial charge in [0.1, 0.15) is 10.6 Å². The summed E-state index contributed by atoms with van der Waals surface area (Å²) in [6, 6.07) is 18.2. The summed E-state index contributed by atoms with van der Waals surface area (Å²) in [5, 5.41) is 4.02. The van der Waals surface area contributed by atoms with E-state index < -0.39 is 9.84 Å². The molecule has 0 aliphatic heterocycles. The van der Waals surface area contributed by atoms with E-state index in [-0.39, 0.29) is 9.79 Å². The van der Waals surface area contributed by atoms with E-state index in [1.54, 1.807) is 37.4 Å². The molecule has 5 nitrogen and oxygen atoms in total. The van der Waals surface area contributed by atoms with Gasteiger partial charge >= 0.3 is 0 Å². The van der Waals surface area contributed by atoms with Crippen LogP contribution in [-0.4, -0.2) is 20.5 Å². The summed E-state index contributed by atoms with van der Waals surface area (Å²) < 4.78 is 32.5. The summed E-state index contributed by atoms with van der Waals surface area (Å²) in [5.74, 6) is 0.627. The number of pyridine rings is 1. The SMILES string of the molecule is COc1ccc2ncc(S(=O)(=O)c3ccc(C)cc3)c(Nc3ccc(C)c(C)c3)c2c1. The third-order valence-electron chi connectivity index (χ3n) is 5.44. The van der Waals surface area contributed by atoms with E-state index in [2.05, 4.69) is 10.3 Å². The molecule has 0 aliphatic carbocycles. The number of sulfone groups is 1. The molecular formula is C25H24N2O3S. The van der Waals surface area contributed by atoms with Crippen LogP contribution in [0, 0.1) is 20.8 Å². The first-order valence-electron chi connectivity index (χ1n) is 9.92. The van der Waals surface area contributed by atoms with E-state index in [9.17, 15) is 8.42 Å². The van der Waals surface area contributed by atoms with Crippen LogP contribution in [0.15, 0.2) is 76.7 Å². The number of nitrogens with one attached hydrogen (secondary N) is 1. The number of anilines is 2. The molecule has 1 heterocycles. The molecule has 0 radical (unpaired) electrons. The summed E-state index contributed by atoms with van der Waals surface area (Å²) in [5.41, 5.74) is 5.23.